The van der Waals surface area contributed by atoms with Crippen LogP contribution >= 0.6 is 12.4 Å². The smallest absolute Gasteiger partial charge is 0.314 e. The molecule has 0 aromatic heterocycles. The van der Waals surface area contributed by atoms with E-state index in [9.17, 15) is 9.59 Å². The number of rotatable bonds is 5. The Labute approximate surface area is 137 Å². The van der Waals surface area contributed by atoms with E-state index in [0.29, 0.717) is 0 Å². The highest BCUT2D eigenvalue weighted by molar-refractivity contribution is 5.85. The quantitative estimate of drug-likeness (QED) is 0.806. The van der Waals surface area contributed by atoms with Crippen molar-refractivity contribution in [1.29, 1.82) is 0 Å². The molecule has 22 heavy (non-hydrogen) atoms. The molecule has 0 radical (unpaired) electrons. The number of hydrogen-bond donors (Lipinski definition) is 2. The van der Waals surface area contributed by atoms with E-state index in [0.717, 1.165) is 30.5 Å². The van der Waals surface area contributed by atoms with E-state index < -0.39 is 5.92 Å². The molecular formula is C16H23ClN2O3. The number of halogens is 1. The molecule has 1 aliphatic heterocycles. The van der Waals surface area contributed by atoms with Crippen LogP contribution in [0.2, 0.25) is 0 Å². The third kappa shape index (κ3) is 4.71. The lowest BCUT2D eigenvalue weighted by molar-refractivity contribution is -0.142. The van der Waals surface area contributed by atoms with Crippen LogP contribution in [-0.2, 0) is 14.3 Å². The highest BCUT2D eigenvalue weighted by atomic mass is 35.5. The van der Waals surface area contributed by atoms with E-state index in [-0.39, 0.29) is 36.9 Å². The first kappa shape index (κ1) is 18.5. The molecule has 2 atom stereocenters. The fraction of sp³-hybridized carbons (Fsp3) is 0.500. The van der Waals surface area contributed by atoms with Crippen molar-refractivity contribution in [3.8, 4) is 0 Å². The molecule has 1 aromatic carbocycles. The molecule has 1 fully saturated rings. The van der Waals surface area contributed by atoms with E-state index in [1.807, 2.05) is 31.2 Å². The Morgan fingerprint density at radius 1 is 1.36 bits per heavy atom. The highest BCUT2D eigenvalue weighted by Gasteiger charge is 2.26. The summed E-state index contributed by atoms with van der Waals surface area (Å²) in [6.45, 7) is 3.12. The summed E-state index contributed by atoms with van der Waals surface area (Å²) in [6, 6.07) is 7.56. The summed E-state index contributed by atoms with van der Waals surface area (Å²) >= 11 is 0. The number of carbonyl (C=O) groups excluding carboxylic acids is 2. The second-order valence-corrected chi connectivity index (χ2v) is 5.38. The standard InChI is InChI=1S/C16H22N2O3.ClH/c1-11-5-7-12(8-6-11)13(16(20)21-2)10-18-15(19)14-4-3-9-17-14;/h5-8,13-14,17H,3-4,9-10H2,1-2H3,(H,18,19);1H. The van der Waals surface area contributed by atoms with Crippen molar-refractivity contribution in [2.24, 2.45) is 0 Å². The number of carbonyl (C=O) groups is 2. The van der Waals surface area contributed by atoms with Crippen LogP contribution in [0.4, 0.5) is 0 Å². The minimum Gasteiger partial charge on any atom is -0.468 e. The van der Waals surface area contributed by atoms with Gasteiger partial charge in [-0.2, -0.15) is 0 Å². The van der Waals surface area contributed by atoms with Gasteiger partial charge in [-0.25, -0.2) is 0 Å². The van der Waals surface area contributed by atoms with Crippen molar-refractivity contribution in [2.45, 2.75) is 31.7 Å². The SMILES string of the molecule is COC(=O)C(CNC(=O)C1CCCN1)c1ccc(C)cc1.Cl. The van der Waals surface area contributed by atoms with E-state index in [1.54, 1.807) is 0 Å². The Kier molecular flexibility index (Phi) is 7.35. The van der Waals surface area contributed by atoms with Crippen LogP contribution in [0.3, 0.4) is 0 Å². The van der Waals surface area contributed by atoms with Gasteiger partial charge in [0.1, 0.15) is 0 Å². The highest BCUT2D eigenvalue weighted by Crippen LogP contribution is 2.17. The van der Waals surface area contributed by atoms with Gasteiger partial charge in [-0.05, 0) is 31.9 Å². The second kappa shape index (κ2) is 8.76. The van der Waals surface area contributed by atoms with Gasteiger partial charge in [-0.15, -0.1) is 12.4 Å². The molecule has 2 unspecified atom stereocenters. The van der Waals surface area contributed by atoms with Crippen LogP contribution in [-0.4, -0.2) is 38.1 Å². The van der Waals surface area contributed by atoms with Gasteiger partial charge >= 0.3 is 5.97 Å². The van der Waals surface area contributed by atoms with Crippen molar-refractivity contribution in [3.05, 3.63) is 35.4 Å². The summed E-state index contributed by atoms with van der Waals surface area (Å²) in [4.78, 5) is 24.0. The lowest BCUT2D eigenvalue weighted by atomic mass is 9.98. The summed E-state index contributed by atoms with van der Waals surface area (Å²) < 4.78 is 4.85. The fourth-order valence-electron chi connectivity index (χ4n) is 2.51. The third-order valence-corrected chi connectivity index (χ3v) is 3.82. The van der Waals surface area contributed by atoms with Gasteiger partial charge < -0.3 is 15.4 Å². The zero-order chi connectivity index (χ0) is 15.2. The summed E-state index contributed by atoms with van der Waals surface area (Å²) in [6.07, 6.45) is 1.86. The second-order valence-electron chi connectivity index (χ2n) is 5.38. The van der Waals surface area contributed by atoms with Gasteiger partial charge in [0.2, 0.25) is 5.91 Å². The van der Waals surface area contributed by atoms with Crippen molar-refractivity contribution in [1.82, 2.24) is 10.6 Å². The Morgan fingerprint density at radius 3 is 2.59 bits per heavy atom. The van der Waals surface area contributed by atoms with E-state index in [2.05, 4.69) is 10.6 Å². The minimum absolute atomic E-state index is 0. The maximum atomic E-state index is 12.0. The predicted octanol–water partition coefficient (Wildman–Crippen LogP) is 1.54. The van der Waals surface area contributed by atoms with Gasteiger partial charge in [-0.1, -0.05) is 29.8 Å². The zero-order valence-electron chi connectivity index (χ0n) is 12.9. The Bertz CT molecular complexity index is 499. The predicted molar refractivity (Wildman–Crippen MR) is 87.2 cm³/mol. The average molecular weight is 327 g/mol. The monoisotopic (exact) mass is 326 g/mol. The van der Waals surface area contributed by atoms with Crippen LogP contribution in [0.1, 0.15) is 29.9 Å². The largest absolute Gasteiger partial charge is 0.468 e. The molecule has 2 N–H and O–H groups in total. The Balaban J connectivity index is 0.00000242. The maximum Gasteiger partial charge on any atom is 0.314 e. The lowest BCUT2D eigenvalue weighted by Gasteiger charge is -2.18. The lowest BCUT2D eigenvalue weighted by Crippen LogP contribution is -2.42. The van der Waals surface area contributed by atoms with Crippen LogP contribution in [0.25, 0.3) is 0 Å². The van der Waals surface area contributed by atoms with Crippen molar-refractivity contribution < 1.29 is 14.3 Å². The molecule has 0 aliphatic carbocycles. The summed E-state index contributed by atoms with van der Waals surface area (Å²) in [5.41, 5.74) is 1.98. The molecule has 0 bridgehead atoms. The number of nitrogens with one attached hydrogen (secondary N) is 2. The van der Waals surface area contributed by atoms with Crippen LogP contribution in [0, 0.1) is 6.92 Å². The molecule has 2 rings (SSSR count). The number of aryl methyl sites for hydroxylation is 1. The van der Waals surface area contributed by atoms with Gasteiger partial charge in [0, 0.05) is 6.54 Å². The van der Waals surface area contributed by atoms with Gasteiger partial charge in [0.25, 0.3) is 0 Å². The van der Waals surface area contributed by atoms with Gasteiger partial charge in [0.05, 0.1) is 19.1 Å². The Hall–Kier alpha value is -1.59. The normalized spacial score (nSPS) is 18.2. The molecule has 1 aliphatic rings. The number of hydrogen-bond acceptors (Lipinski definition) is 4. The zero-order valence-corrected chi connectivity index (χ0v) is 13.7. The molecule has 122 valence electrons. The van der Waals surface area contributed by atoms with Gasteiger partial charge in [-0.3, -0.25) is 9.59 Å². The van der Waals surface area contributed by atoms with Crippen molar-refractivity contribution >= 4 is 24.3 Å². The topological polar surface area (TPSA) is 67.4 Å². The number of ether oxygens (including phenoxy) is 1. The molecule has 5 nitrogen and oxygen atoms in total. The Morgan fingerprint density at radius 2 is 2.05 bits per heavy atom. The number of esters is 1. The third-order valence-electron chi connectivity index (χ3n) is 3.82. The first-order chi connectivity index (χ1) is 10.1. The van der Waals surface area contributed by atoms with E-state index in [4.69, 9.17) is 4.74 Å². The molecule has 0 spiro atoms. The van der Waals surface area contributed by atoms with Crippen LogP contribution in [0.15, 0.2) is 24.3 Å². The first-order valence-electron chi connectivity index (χ1n) is 7.27. The molecule has 1 heterocycles. The maximum absolute atomic E-state index is 12.0. The molecule has 6 heteroatoms. The summed E-state index contributed by atoms with van der Waals surface area (Å²) in [7, 11) is 1.36. The number of methoxy groups -OCH3 is 1. The van der Waals surface area contributed by atoms with Crippen molar-refractivity contribution in [3.63, 3.8) is 0 Å². The number of benzene rings is 1. The summed E-state index contributed by atoms with van der Waals surface area (Å²) in [5, 5.41) is 5.99. The van der Waals surface area contributed by atoms with Crippen molar-refractivity contribution in [2.75, 3.05) is 20.2 Å². The molecule has 0 saturated carbocycles. The molecular weight excluding hydrogens is 304 g/mol. The average Bonchev–Trinajstić information content (AvgIpc) is 3.03. The molecule has 1 amide bonds. The van der Waals surface area contributed by atoms with Crippen LogP contribution < -0.4 is 10.6 Å². The van der Waals surface area contributed by atoms with E-state index in [1.165, 1.54) is 7.11 Å². The van der Waals surface area contributed by atoms with E-state index >= 15 is 0 Å². The minimum atomic E-state index is -0.471. The molecule has 1 saturated heterocycles. The van der Waals surface area contributed by atoms with Gasteiger partial charge in [0.15, 0.2) is 0 Å². The fourth-order valence-corrected chi connectivity index (χ4v) is 2.51. The van der Waals surface area contributed by atoms with Crippen LogP contribution in [0.5, 0.6) is 0 Å². The summed E-state index contributed by atoms with van der Waals surface area (Å²) in [5.74, 6) is -0.854. The number of amides is 1. The molecule has 1 aromatic rings. The first-order valence-corrected chi connectivity index (χ1v) is 7.27.